The van der Waals surface area contributed by atoms with Gasteiger partial charge in [0.1, 0.15) is 0 Å². The van der Waals surface area contributed by atoms with Crippen LogP contribution in [0.2, 0.25) is 13.1 Å². The summed E-state index contributed by atoms with van der Waals surface area (Å²) in [6.45, 7) is 8.73. The van der Waals surface area contributed by atoms with E-state index in [-0.39, 0.29) is 50.7 Å². The van der Waals surface area contributed by atoms with Crippen LogP contribution in [0, 0.1) is 6.08 Å². The van der Waals surface area contributed by atoms with Gasteiger partial charge in [0.2, 0.25) is 0 Å². The zero-order chi connectivity index (χ0) is 17.8. The first-order chi connectivity index (χ1) is 11.1. The molecule has 0 unspecified atom stereocenters. The van der Waals surface area contributed by atoms with Crippen LogP contribution in [0.15, 0.2) is 17.7 Å². The van der Waals surface area contributed by atoms with E-state index in [9.17, 15) is 4.79 Å². The van der Waals surface area contributed by atoms with Crippen molar-refractivity contribution in [3.05, 3.63) is 29.5 Å². The number of unbranched alkanes of at least 4 members (excludes halogenated alkanes) is 8. The maximum absolute atomic E-state index is 10.3. The van der Waals surface area contributed by atoms with Crippen molar-refractivity contribution in [3.8, 4) is 0 Å². The van der Waals surface area contributed by atoms with E-state index in [0.717, 1.165) is 28.8 Å². The Labute approximate surface area is 197 Å². The first-order valence-electron chi connectivity index (χ1n) is 9.30. The Morgan fingerprint density at radius 3 is 1.73 bits per heavy atom. The number of carbonyl (C=O) groups excluding carboxylic acids is 1. The van der Waals surface area contributed by atoms with Gasteiger partial charge in [0.05, 0.1) is 0 Å². The molecule has 0 aromatic carbocycles. The Bertz CT molecular complexity index is 324. The number of amides is 1. The number of rotatable bonds is 10. The molecule has 0 heterocycles. The van der Waals surface area contributed by atoms with Crippen LogP contribution in [0.25, 0.3) is 5.73 Å². The molecule has 0 aliphatic heterocycles. The summed E-state index contributed by atoms with van der Waals surface area (Å²) >= 11 is 0. The van der Waals surface area contributed by atoms with E-state index in [1.807, 2.05) is 6.08 Å². The summed E-state index contributed by atoms with van der Waals surface area (Å²) in [6.07, 6.45) is 20.0. The summed E-state index contributed by atoms with van der Waals surface area (Å²) in [5.41, 5.74) is 8.07. The quantitative estimate of drug-likeness (QED) is 0.212. The largest absolute Gasteiger partial charge is 4.00 e. The van der Waals surface area contributed by atoms with Crippen molar-refractivity contribution in [1.82, 2.24) is 0 Å². The van der Waals surface area contributed by atoms with Crippen molar-refractivity contribution in [2.45, 2.75) is 97.6 Å². The van der Waals surface area contributed by atoms with Gasteiger partial charge in [0, 0.05) is 15.4 Å². The van der Waals surface area contributed by atoms with Crippen LogP contribution in [0.4, 0.5) is 0 Å². The smallest absolute Gasteiger partial charge is 1.00 e. The van der Waals surface area contributed by atoms with Gasteiger partial charge in [-0.2, -0.15) is 6.08 Å². The molecular formula is C20H38Cl2HfNOSi. The Kier molecular flexibility index (Phi) is 47.8. The topological polar surface area (TPSA) is 40.9 Å². The minimum atomic E-state index is -0.409. The zero-order valence-electron chi connectivity index (χ0n) is 17.2. The number of carbonyl (C=O) groups is 1. The van der Waals surface area contributed by atoms with Gasteiger partial charge in [0.15, 0.2) is 0 Å². The molecule has 0 saturated carbocycles. The molecule has 6 heteroatoms. The summed E-state index contributed by atoms with van der Waals surface area (Å²) in [7, 11) is 0.750. The third-order valence-electron chi connectivity index (χ3n) is 3.38. The molecular weight excluding hydrogens is 548 g/mol. The van der Waals surface area contributed by atoms with Gasteiger partial charge in [-0.3, -0.25) is 6.08 Å². The summed E-state index contributed by atoms with van der Waals surface area (Å²) in [5.74, 6) is -0.409. The predicted molar refractivity (Wildman–Crippen MR) is 106 cm³/mol. The molecule has 2 nitrogen and oxygen atoms in total. The van der Waals surface area contributed by atoms with Crippen LogP contribution in [0.1, 0.15) is 84.5 Å². The fraction of sp³-hybridized carbons (Fsp3) is 0.750. The normalized spacial score (nSPS) is 10.5. The molecule has 0 saturated heterocycles. The van der Waals surface area contributed by atoms with Crippen LogP contribution >= 0.6 is 0 Å². The molecule has 1 aliphatic carbocycles. The number of hydrogen-bond donors (Lipinski definition) is 0. The number of allylic oxidation sites excluding steroid dienone is 4. The summed E-state index contributed by atoms with van der Waals surface area (Å²) in [5, 5.41) is 0. The van der Waals surface area contributed by atoms with Crippen molar-refractivity contribution in [2.75, 3.05) is 0 Å². The first-order valence-corrected chi connectivity index (χ1v) is 11.6. The molecule has 1 N–H and O–H groups in total. The van der Waals surface area contributed by atoms with E-state index >= 15 is 0 Å². The molecule has 1 rings (SSSR count). The van der Waals surface area contributed by atoms with Gasteiger partial charge in [-0.05, 0) is 12.8 Å². The molecule has 0 spiro atoms. The Hall–Kier alpha value is 0.617. The Morgan fingerprint density at radius 1 is 1.04 bits per heavy atom. The van der Waals surface area contributed by atoms with Crippen molar-refractivity contribution in [2.24, 2.45) is 0 Å². The minimum absolute atomic E-state index is 0. The first kappa shape index (κ1) is 37.4. The van der Waals surface area contributed by atoms with E-state index in [4.69, 9.17) is 5.73 Å². The van der Waals surface area contributed by atoms with Crippen molar-refractivity contribution >= 4 is 15.4 Å². The van der Waals surface area contributed by atoms with E-state index < -0.39 is 5.91 Å². The van der Waals surface area contributed by atoms with Crippen LogP contribution in [-0.2, 0) is 30.6 Å². The van der Waals surface area contributed by atoms with Gasteiger partial charge in [0.25, 0.3) is 0 Å². The molecule has 1 radical (unpaired) electrons. The average molecular weight is 586 g/mol. The molecule has 1 amide bonds. The van der Waals surface area contributed by atoms with Crippen molar-refractivity contribution < 1.29 is 55.5 Å². The summed E-state index contributed by atoms with van der Waals surface area (Å²) in [6, 6.07) is 0. The third kappa shape index (κ3) is 39.6. The number of nitrogens with one attached hydrogen (secondary N) is 1. The molecule has 151 valence electrons. The zero-order valence-corrected chi connectivity index (χ0v) is 23.4. The van der Waals surface area contributed by atoms with Crippen LogP contribution in [0.5, 0.6) is 0 Å². The van der Waals surface area contributed by atoms with E-state index in [0.29, 0.717) is 6.42 Å². The molecule has 0 aromatic rings. The minimum Gasteiger partial charge on any atom is -1.00 e. The molecule has 0 bridgehead atoms. The van der Waals surface area contributed by atoms with Gasteiger partial charge in [-0.25, -0.2) is 11.6 Å². The van der Waals surface area contributed by atoms with Crippen molar-refractivity contribution in [3.63, 3.8) is 0 Å². The average Bonchev–Trinajstić information content (AvgIpc) is 2.98. The van der Waals surface area contributed by atoms with Gasteiger partial charge in [-0.1, -0.05) is 71.4 Å². The number of halogens is 2. The summed E-state index contributed by atoms with van der Waals surface area (Å²) < 4.78 is 0. The molecule has 26 heavy (non-hydrogen) atoms. The van der Waals surface area contributed by atoms with E-state index in [2.05, 4.69) is 39.1 Å². The van der Waals surface area contributed by atoms with Gasteiger partial charge < -0.3 is 35.3 Å². The van der Waals surface area contributed by atoms with Crippen LogP contribution in [0.3, 0.4) is 0 Å². The maximum atomic E-state index is 10.3. The Balaban J connectivity index is -0.000000103. The van der Waals surface area contributed by atoms with Crippen molar-refractivity contribution in [1.29, 1.82) is 0 Å². The monoisotopic (exact) mass is 586 g/mol. The molecule has 0 aromatic heterocycles. The standard InChI is InChI=1S/C12H25NO.C6H7.C2H7Si.2ClH.Hf/c1-2-3-4-5-6-7-8-9-10-11-12(13)14;1-6-4-2-3-5-6;1-3-2;;;/h2-11H2,1H3,(H2,13,14);4-5H,2H2,1H3;3H,1-2H3;2*1H;/q;-1;;;;+4/p-3. The Morgan fingerprint density at radius 2 is 1.46 bits per heavy atom. The number of hydrogen-bond acceptors (Lipinski definition) is 1. The van der Waals surface area contributed by atoms with E-state index in [1.165, 1.54) is 50.5 Å². The fourth-order valence-electron chi connectivity index (χ4n) is 2.09. The molecule has 1 aliphatic rings. The van der Waals surface area contributed by atoms with Crippen LogP contribution < -0.4 is 24.8 Å². The fourth-order valence-corrected chi connectivity index (χ4v) is 2.09. The second kappa shape index (κ2) is 33.2. The molecule has 0 atom stereocenters. The van der Waals surface area contributed by atoms with Gasteiger partial charge >= 0.3 is 25.8 Å². The third-order valence-corrected chi connectivity index (χ3v) is 3.38. The molecule has 0 fully saturated rings. The van der Waals surface area contributed by atoms with E-state index in [1.54, 1.807) is 0 Å². The van der Waals surface area contributed by atoms with Crippen LogP contribution in [-0.4, -0.2) is 15.4 Å². The second-order valence-corrected chi connectivity index (χ2v) is 7.23. The summed E-state index contributed by atoms with van der Waals surface area (Å²) in [4.78, 5) is 10.3. The SMILES string of the molecule is CC1=CC[C-]=C1.CCCCCCCCCCCC([NH-])=O.C[SiH]C.[Cl-].[Cl-].[Hf+4]. The second-order valence-electron chi connectivity index (χ2n) is 6.08. The maximum Gasteiger partial charge on any atom is 4.00 e. The predicted octanol–water partition coefficient (Wildman–Crippen LogP) is 0.706. The van der Waals surface area contributed by atoms with Gasteiger partial charge in [-0.15, -0.1) is 13.3 Å².